The first-order valence-electron chi connectivity index (χ1n) is 5.69. The summed E-state index contributed by atoms with van der Waals surface area (Å²) >= 11 is 0. The van der Waals surface area contributed by atoms with E-state index < -0.39 is 0 Å². The van der Waals surface area contributed by atoms with Gasteiger partial charge in [0.2, 0.25) is 5.91 Å². The molecule has 1 aromatic heterocycles. The molecule has 0 unspecified atom stereocenters. The molecule has 16 heavy (non-hydrogen) atoms. The predicted molar refractivity (Wildman–Crippen MR) is 62.7 cm³/mol. The number of aromatic nitrogens is 1. The van der Waals surface area contributed by atoms with Gasteiger partial charge in [-0.25, -0.2) is 0 Å². The van der Waals surface area contributed by atoms with Gasteiger partial charge < -0.3 is 15.6 Å². The molecule has 1 heterocycles. The van der Waals surface area contributed by atoms with Gasteiger partial charge in [0.1, 0.15) is 0 Å². The summed E-state index contributed by atoms with van der Waals surface area (Å²) in [4.78, 5) is 11.8. The van der Waals surface area contributed by atoms with Crippen LogP contribution in [0.3, 0.4) is 0 Å². The molecule has 1 saturated carbocycles. The van der Waals surface area contributed by atoms with Crippen molar-refractivity contribution in [2.45, 2.75) is 26.3 Å². The summed E-state index contributed by atoms with van der Waals surface area (Å²) in [6, 6.07) is 4.09. The maximum absolute atomic E-state index is 11.8. The molecular formula is C12H19N3O. The molecular weight excluding hydrogens is 202 g/mol. The Morgan fingerprint density at radius 1 is 1.56 bits per heavy atom. The fourth-order valence-corrected chi connectivity index (χ4v) is 1.88. The van der Waals surface area contributed by atoms with E-state index >= 15 is 0 Å². The van der Waals surface area contributed by atoms with E-state index in [-0.39, 0.29) is 11.3 Å². The van der Waals surface area contributed by atoms with Crippen LogP contribution in [0.2, 0.25) is 0 Å². The van der Waals surface area contributed by atoms with E-state index in [1.807, 2.05) is 20.0 Å². The molecule has 4 nitrogen and oxygen atoms in total. The molecule has 88 valence electrons. The van der Waals surface area contributed by atoms with Gasteiger partial charge in [0.05, 0.1) is 12.0 Å². The van der Waals surface area contributed by atoms with E-state index in [0.29, 0.717) is 13.1 Å². The second kappa shape index (κ2) is 3.94. The van der Waals surface area contributed by atoms with Gasteiger partial charge in [-0.3, -0.25) is 4.79 Å². The number of aryl methyl sites for hydroxylation is 1. The Kier molecular flexibility index (Phi) is 2.76. The van der Waals surface area contributed by atoms with Crippen LogP contribution in [0, 0.1) is 12.3 Å². The smallest absolute Gasteiger partial charge is 0.227 e. The van der Waals surface area contributed by atoms with Gasteiger partial charge in [-0.2, -0.15) is 0 Å². The molecule has 2 rings (SSSR count). The number of hydrogen-bond donors (Lipinski definition) is 2. The fourth-order valence-electron chi connectivity index (χ4n) is 1.88. The third kappa shape index (κ3) is 1.85. The van der Waals surface area contributed by atoms with Gasteiger partial charge in [0, 0.05) is 25.0 Å². The van der Waals surface area contributed by atoms with Crippen molar-refractivity contribution >= 4 is 5.91 Å². The molecule has 0 aliphatic heterocycles. The molecule has 0 atom stereocenters. The summed E-state index contributed by atoms with van der Waals surface area (Å²) in [7, 11) is 2.01. The Morgan fingerprint density at radius 2 is 2.25 bits per heavy atom. The molecule has 1 fully saturated rings. The van der Waals surface area contributed by atoms with Crippen molar-refractivity contribution in [3.8, 4) is 0 Å². The second-order valence-electron chi connectivity index (χ2n) is 4.69. The lowest BCUT2D eigenvalue weighted by Crippen LogP contribution is -2.36. The van der Waals surface area contributed by atoms with E-state index in [2.05, 4.69) is 16.0 Å². The topological polar surface area (TPSA) is 60.1 Å². The SMILES string of the molecule is Cc1ccc(CNC(=O)C2(CN)CC2)n1C. The first kappa shape index (κ1) is 11.2. The third-order valence-corrected chi connectivity index (χ3v) is 3.63. The number of hydrogen-bond acceptors (Lipinski definition) is 2. The van der Waals surface area contributed by atoms with Crippen LogP contribution in [-0.2, 0) is 18.4 Å². The van der Waals surface area contributed by atoms with Gasteiger partial charge in [0.15, 0.2) is 0 Å². The highest BCUT2D eigenvalue weighted by Gasteiger charge is 2.48. The minimum atomic E-state index is -0.250. The molecule has 1 aromatic rings. The molecule has 0 bridgehead atoms. The van der Waals surface area contributed by atoms with Crippen LogP contribution in [0.15, 0.2) is 12.1 Å². The minimum absolute atomic E-state index is 0.105. The van der Waals surface area contributed by atoms with Crippen LogP contribution in [0.1, 0.15) is 24.2 Å². The maximum atomic E-state index is 11.8. The summed E-state index contributed by atoms with van der Waals surface area (Å²) in [5, 5.41) is 2.97. The third-order valence-electron chi connectivity index (χ3n) is 3.63. The molecule has 3 N–H and O–H groups in total. The Labute approximate surface area is 95.8 Å². The Morgan fingerprint density at radius 3 is 2.69 bits per heavy atom. The molecule has 1 aliphatic rings. The number of nitrogens with one attached hydrogen (secondary N) is 1. The van der Waals surface area contributed by atoms with Gasteiger partial charge in [-0.15, -0.1) is 0 Å². The van der Waals surface area contributed by atoms with Crippen molar-refractivity contribution in [3.63, 3.8) is 0 Å². The highest BCUT2D eigenvalue weighted by Crippen LogP contribution is 2.44. The van der Waals surface area contributed by atoms with Crippen LogP contribution in [0.25, 0.3) is 0 Å². The number of nitrogens with two attached hydrogens (primary N) is 1. The molecule has 0 saturated heterocycles. The molecule has 4 heteroatoms. The Bertz CT molecular complexity index is 404. The minimum Gasteiger partial charge on any atom is -0.350 e. The summed E-state index contributed by atoms with van der Waals surface area (Å²) in [5.41, 5.74) is 7.68. The van der Waals surface area contributed by atoms with Crippen LogP contribution < -0.4 is 11.1 Å². The lowest BCUT2D eigenvalue weighted by molar-refractivity contribution is -0.126. The van der Waals surface area contributed by atoms with E-state index in [9.17, 15) is 4.79 Å². The zero-order valence-electron chi connectivity index (χ0n) is 9.92. The largest absolute Gasteiger partial charge is 0.350 e. The van der Waals surface area contributed by atoms with Crippen molar-refractivity contribution in [2.24, 2.45) is 18.2 Å². The summed E-state index contributed by atoms with van der Waals surface area (Å²) < 4.78 is 2.09. The van der Waals surface area contributed by atoms with E-state index in [1.165, 1.54) is 5.69 Å². The average molecular weight is 221 g/mol. The number of carbonyl (C=O) groups is 1. The zero-order chi connectivity index (χ0) is 11.8. The second-order valence-corrected chi connectivity index (χ2v) is 4.69. The zero-order valence-corrected chi connectivity index (χ0v) is 9.92. The number of nitrogens with zero attached hydrogens (tertiary/aromatic N) is 1. The average Bonchev–Trinajstić information content (AvgIpc) is 3.02. The normalized spacial score (nSPS) is 17.2. The van der Waals surface area contributed by atoms with Crippen molar-refractivity contribution in [1.82, 2.24) is 9.88 Å². The van der Waals surface area contributed by atoms with E-state index in [0.717, 1.165) is 18.5 Å². The number of rotatable bonds is 4. The van der Waals surface area contributed by atoms with Gasteiger partial charge >= 0.3 is 0 Å². The molecule has 1 aliphatic carbocycles. The summed E-state index contributed by atoms with van der Waals surface area (Å²) in [6.07, 6.45) is 1.86. The van der Waals surface area contributed by atoms with Gasteiger partial charge in [0.25, 0.3) is 0 Å². The Hall–Kier alpha value is -1.29. The number of amides is 1. The molecule has 0 aromatic carbocycles. The maximum Gasteiger partial charge on any atom is 0.227 e. The summed E-state index contributed by atoms with van der Waals surface area (Å²) in [5.74, 6) is 0.105. The quantitative estimate of drug-likeness (QED) is 0.786. The van der Waals surface area contributed by atoms with Crippen LogP contribution >= 0.6 is 0 Å². The van der Waals surface area contributed by atoms with Crippen LogP contribution in [-0.4, -0.2) is 17.0 Å². The standard InChI is InChI=1S/C12H19N3O/c1-9-3-4-10(15(9)2)7-14-11(16)12(8-13)5-6-12/h3-4H,5-8,13H2,1-2H3,(H,14,16). The van der Waals surface area contributed by atoms with Crippen LogP contribution in [0.5, 0.6) is 0 Å². The molecule has 0 radical (unpaired) electrons. The monoisotopic (exact) mass is 221 g/mol. The lowest BCUT2D eigenvalue weighted by Gasteiger charge is -2.13. The van der Waals surface area contributed by atoms with Crippen molar-refractivity contribution in [3.05, 3.63) is 23.5 Å². The van der Waals surface area contributed by atoms with Crippen molar-refractivity contribution < 1.29 is 4.79 Å². The van der Waals surface area contributed by atoms with E-state index in [1.54, 1.807) is 0 Å². The van der Waals surface area contributed by atoms with Crippen molar-refractivity contribution in [1.29, 1.82) is 0 Å². The first-order chi connectivity index (χ1) is 7.59. The lowest BCUT2D eigenvalue weighted by atomic mass is 10.1. The fraction of sp³-hybridized carbons (Fsp3) is 0.583. The highest BCUT2D eigenvalue weighted by atomic mass is 16.2. The molecule has 0 spiro atoms. The van der Waals surface area contributed by atoms with Gasteiger partial charge in [-0.1, -0.05) is 0 Å². The molecule has 1 amide bonds. The predicted octanol–water partition coefficient (Wildman–Crippen LogP) is 0.689. The Balaban J connectivity index is 1.93. The van der Waals surface area contributed by atoms with Crippen molar-refractivity contribution in [2.75, 3.05) is 6.54 Å². The van der Waals surface area contributed by atoms with E-state index in [4.69, 9.17) is 5.73 Å². The summed E-state index contributed by atoms with van der Waals surface area (Å²) in [6.45, 7) is 3.10. The van der Waals surface area contributed by atoms with Gasteiger partial charge in [-0.05, 0) is 31.9 Å². The first-order valence-corrected chi connectivity index (χ1v) is 5.69. The highest BCUT2D eigenvalue weighted by molar-refractivity contribution is 5.85. The number of carbonyl (C=O) groups excluding carboxylic acids is 1. The van der Waals surface area contributed by atoms with Crippen LogP contribution in [0.4, 0.5) is 0 Å².